The molecule has 6 heteroatoms. The first kappa shape index (κ1) is 22.7. The number of benzene rings is 3. The van der Waals surface area contributed by atoms with Crippen molar-refractivity contribution in [1.29, 1.82) is 0 Å². The van der Waals surface area contributed by atoms with Crippen molar-refractivity contribution < 1.29 is 9.59 Å². The molecule has 2 amide bonds. The van der Waals surface area contributed by atoms with Gasteiger partial charge in [0.15, 0.2) is 5.11 Å². The minimum absolute atomic E-state index is 0.0527. The van der Waals surface area contributed by atoms with Crippen LogP contribution in [-0.2, 0) is 16.0 Å². The lowest BCUT2D eigenvalue weighted by atomic mass is 10.1. The number of aryl methyl sites for hydroxylation is 2. The van der Waals surface area contributed by atoms with Crippen molar-refractivity contribution in [2.45, 2.75) is 27.2 Å². The Hall–Kier alpha value is -4.03. The summed E-state index contributed by atoms with van der Waals surface area (Å²) in [4.78, 5) is 27.6. The Morgan fingerprint density at radius 2 is 1.57 bits per heavy atom. The van der Waals surface area contributed by atoms with E-state index >= 15 is 0 Å². The van der Waals surface area contributed by atoms with Crippen LogP contribution in [0.4, 0.5) is 5.69 Å². The summed E-state index contributed by atoms with van der Waals surface area (Å²) in [5.41, 5.74) is 5.63. The fourth-order valence-electron chi connectivity index (χ4n) is 4.58. The summed E-state index contributed by atoms with van der Waals surface area (Å²) in [6.45, 7) is 6.08. The number of rotatable bonds is 4. The molecule has 174 valence electrons. The van der Waals surface area contributed by atoms with E-state index < -0.39 is 11.8 Å². The first-order chi connectivity index (χ1) is 16.9. The van der Waals surface area contributed by atoms with Crippen LogP contribution in [0, 0.1) is 13.8 Å². The van der Waals surface area contributed by atoms with Gasteiger partial charge >= 0.3 is 0 Å². The molecule has 1 N–H and O–H groups in total. The molecule has 2 heterocycles. The van der Waals surface area contributed by atoms with Crippen LogP contribution in [-0.4, -0.2) is 21.5 Å². The highest BCUT2D eigenvalue weighted by Gasteiger charge is 2.34. The fraction of sp³-hybridized carbons (Fsp3) is 0.138. The average Bonchev–Trinajstić information content (AvgIpc) is 3.14. The summed E-state index contributed by atoms with van der Waals surface area (Å²) < 4.78 is 2.13. The Kier molecular flexibility index (Phi) is 5.83. The van der Waals surface area contributed by atoms with Crippen molar-refractivity contribution >= 4 is 51.7 Å². The Morgan fingerprint density at radius 3 is 2.29 bits per heavy atom. The molecular weight excluding hydrogens is 454 g/mol. The Bertz CT molecular complexity index is 1530. The maximum Gasteiger partial charge on any atom is 0.270 e. The van der Waals surface area contributed by atoms with Crippen molar-refractivity contribution in [2.75, 3.05) is 4.90 Å². The third-order valence-corrected chi connectivity index (χ3v) is 6.75. The maximum absolute atomic E-state index is 13.4. The highest BCUT2D eigenvalue weighted by molar-refractivity contribution is 7.80. The number of thiocarbonyl (C=S) groups is 1. The van der Waals surface area contributed by atoms with E-state index in [4.69, 9.17) is 12.2 Å². The van der Waals surface area contributed by atoms with Crippen LogP contribution in [0.15, 0.2) is 78.4 Å². The van der Waals surface area contributed by atoms with Crippen molar-refractivity contribution in [3.05, 3.63) is 101 Å². The van der Waals surface area contributed by atoms with Crippen LogP contribution in [0.25, 0.3) is 22.5 Å². The van der Waals surface area contributed by atoms with Crippen molar-refractivity contribution in [1.82, 2.24) is 9.88 Å². The van der Waals surface area contributed by atoms with E-state index in [9.17, 15) is 9.59 Å². The lowest BCUT2D eigenvalue weighted by Gasteiger charge is -2.29. The predicted molar refractivity (Wildman–Crippen MR) is 145 cm³/mol. The van der Waals surface area contributed by atoms with E-state index in [1.807, 2.05) is 56.3 Å². The summed E-state index contributed by atoms with van der Waals surface area (Å²) >= 11 is 5.34. The highest BCUT2D eigenvalue weighted by atomic mass is 32.1. The quantitative estimate of drug-likeness (QED) is 0.234. The van der Waals surface area contributed by atoms with E-state index in [1.54, 1.807) is 6.08 Å². The summed E-state index contributed by atoms with van der Waals surface area (Å²) in [5.74, 6) is -0.921. The second-order valence-corrected chi connectivity index (χ2v) is 9.06. The van der Waals surface area contributed by atoms with Gasteiger partial charge in [-0.3, -0.25) is 19.8 Å². The zero-order valence-corrected chi connectivity index (χ0v) is 20.6. The zero-order chi connectivity index (χ0) is 24.7. The standard InChI is InChI=1S/C29H25N3O2S/c1-4-20-9-12-24(13-10-20)32-28(34)26(27(33)30-29(32)35)17-23-15-18(2)31(19(23)3)25-14-11-21-7-5-6-8-22(21)16-25/h5-17H,4H2,1-3H3,(H,30,33,35)/b26-17+. The molecule has 1 aliphatic rings. The van der Waals surface area contributed by atoms with Crippen LogP contribution >= 0.6 is 12.2 Å². The van der Waals surface area contributed by atoms with Gasteiger partial charge in [-0.25, -0.2) is 0 Å². The third-order valence-electron chi connectivity index (χ3n) is 6.47. The van der Waals surface area contributed by atoms with Gasteiger partial charge in [0, 0.05) is 17.1 Å². The predicted octanol–water partition coefficient (Wildman–Crippen LogP) is 5.64. The minimum atomic E-state index is -0.489. The molecular formula is C29H25N3O2S. The van der Waals surface area contributed by atoms with Crippen LogP contribution in [0.2, 0.25) is 0 Å². The molecule has 1 saturated heterocycles. The van der Waals surface area contributed by atoms with E-state index in [0.717, 1.165) is 40.0 Å². The summed E-state index contributed by atoms with van der Waals surface area (Å²) in [6.07, 6.45) is 2.56. The van der Waals surface area contributed by atoms with Crippen LogP contribution in [0.1, 0.15) is 29.4 Å². The maximum atomic E-state index is 13.4. The van der Waals surface area contributed by atoms with Gasteiger partial charge in [-0.1, -0.05) is 49.4 Å². The van der Waals surface area contributed by atoms with Gasteiger partial charge in [-0.05, 0) is 90.8 Å². The molecule has 35 heavy (non-hydrogen) atoms. The second-order valence-electron chi connectivity index (χ2n) is 8.67. The van der Waals surface area contributed by atoms with Gasteiger partial charge < -0.3 is 4.57 Å². The van der Waals surface area contributed by atoms with Crippen LogP contribution in [0.3, 0.4) is 0 Å². The highest BCUT2D eigenvalue weighted by Crippen LogP contribution is 2.27. The largest absolute Gasteiger partial charge is 0.318 e. The molecule has 4 aromatic rings. The second kappa shape index (κ2) is 8.96. The van der Waals surface area contributed by atoms with Crippen molar-refractivity contribution in [3.8, 4) is 5.69 Å². The van der Waals surface area contributed by atoms with Gasteiger partial charge in [0.05, 0.1) is 5.69 Å². The molecule has 0 radical (unpaired) electrons. The average molecular weight is 480 g/mol. The zero-order valence-electron chi connectivity index (χ0n) is 19.8. The number of hydrogen-bond donors (Lipinski definition) is 1. The third kappa shape index (κ3) is 4.06. The van der Waals surface area contributed by atoms with Crippen LogP contribution < -0.4 is 10.2 Å². The number of carbonyl (C=O) groups excluding carboxylic acids is 2. The number of anilines is 1. The number of nitrogens with one attached hydrogen (secondary N) is 1. The number of nitrogens with zero attached hydrogens (tertiary/aromatic N) is 2. The van der Waals surface area contributed by atoms with Crippen LogP contribution in [0.5, 0.6) is 0 Å². The fourth-order valence-corrected chi connectivity index (χ4v) is 4.86. The molecule has 1 aromatic heterocycles. The Labute approximate surface area is 209 Å². The smallest absolute Gasteiger partial charge is 0.270 e. The molecule has 1 fully saturated rings. The van der Waals surface area contributed by atoms with Gasteiger partial charge in [0.1, 0.15) is 5.57 Å². The molecule has 0 aliphatic carbocycles. The molecule has 0 spiro atoms. The number of aromatic nitrogens is 1. The monoisotopic (exact) mass is 479 g/mol. The Balaban J connectivity index is 1.54. The number of hydrogen-bond acceptors (Lipinski definition) is 3. The topological polar surface area (TPSA) is 54.3 Å². The molecule has 0 unspecified atom stereocenters. The van der Waals surface area contributed by atoms with Gasteiger partial charge in [0.25, 0.3) is 11.8 Å². The number of amides is 2. The van der Waals surface area contributed by atoms with Gasteiger partial charge in [0.2, 0.25) is 0 Å². The van der Waals surface area contributed by atoms with E-state index in [2.05, 4.69) is 47.1 Å². The molecule has 3 aromatic carbocycles. The lowest BCUT2D eigenvalue weighted by Crippen LogP contribution is -2.54. The van der Waals surface area contributed by atoms with Gasteiger partial charge in [-0.15, -0.1) is 0 Å². The summed E-state index contributed by atoms with van der Waals surface area (Å²) in [6, 6.07) is 24.2. The van der Waals surface area contributed by atoms with Gasteiger partial charge in [-0.2, -0.15) is 0 Å². The Morgan fingerprint density at radius 1 is 0.886 bits per heavy atom. The molecule has 5 nitrogen and oxygen atoms in total. The van der Waals surface area contributed by atoms with Crippen molar-refractivity contribution in [3.63, 3.8) is 0 Å². The molecule has 0 saturated carbocycles. The van der Waals surface area contributed by atoms with E-state index in [-0.39, 0.29) is 10.7 Å². The molecule has 5 rings (SSSR count). The summed E-state index contributed by atoms with van der Waals surface area (Å²) in [5, 5.41) is 5.08. The SMILES string of the molecule is CCc1ccc(N2C(=O)/C(=C/c3cc(C)n(-c4ccc5ccccc5c4)c3C)C(=O)NC2=S)cc1. The number of fused-ring (bicyclic) bond motifs is 1. The van der Waals surface area contributed by atoms with E-state index in [1.165, 1.54) is 10.3 Å². The molecule has 0 atom stereocenters. The lowest BCUT2D eigenvalue weighted by molar-refractivity contribution is -0.122. The normalized spacial score (nSPS) is 15.2. The molecule has 1 aliphatic heterocycles. The summed E-state index contributed by atoms with van der Waals surface area (Å²) in [7, 11) is 0. The number of carbonyl (C=O) groups is 2. The van der Waals surface area contributed by atoms with Crippen molar-refractivity contribution in [2.24, 2.45) is 0 Å². The first-order valence-corrected chi connectivity index (χ1v) is 12.0. The minimum Gasteiger partial charge on any atom is -0.318 e. The first-order valence-electron chi connectivity index (χ1n) is 11.6. The van der Waals surface area contributed by atoms with E-state index in [0.29, 0.717) is 5.69 Å². The molecule has 0 bridgehead atoms.